The molecule has 2 heterocycles. The van der Waals surface area contributed by atoms with Crippen molar-refractivity contribution in [2.24, 2.45) is 5.92 Å². The van der Waals surface area contributed by atoms with Crippen LogP contribution in [0.1, 0.15) is 30.8 Å². The summed E-state index contributed by atoms with van der Waals surface area (Å²) in [5.74, 6) is 0.0579. The van der Waals surface area contributed by atoms with Crippen LogP contribution >= 0.6 is 11.3 Å². The summed E-state index contributed by atoms with van der Waals surface area (Å²) in [4.78, 5) is 16.9. The van der Waals surface area contributed by atoms with E-state index < -0.39 is 5.82 Å². The second-order valence-electron chi connectivity index (χ2n) is 7.34. The standard InChI is InChI=1S/C21H25FN4O2S/c1-12(2)10-26-14(4)16(13(3)25-26)9-20(27)24-21-23-18(11-29-21)15-6-7-19(28-5)17(22)8-15/h6-8,11-12H,9-10H2,1-5H3,(H,23,24,27). The van der Waals surface area contributed by atoms with Gasteiger partial charge < -0.3 is 10.1 Å². The number of rotatable bonds is 7. The number of ether oxygens (including phenoxy) is 1. The number of hydrogen-bond acceptors (Lipinski definition) is 5. The van der Waals surface area contributed by atoms with Crippen LogP contribution in [0, 0.1) is 25.6 Å². The maximum absolute atomic E-state index is 13.9. The highest BCUT2D eigenvalue weighted by molar-refractivity contribution is 7.14. The lowest BCUT2D eigenvalue weighted by molar-refractivity contribution is -0.115. The van der Waals surface area contributed by atoms with Gasteiger partial charge in [0.05, 0.1) is 24.9 Å². The molecule has 1 aromatic carbocycles. The molecule has 3 rings (SSSR count). The molecule has 0 aliphatic heterocycles. The average molecular weight is 417 g/mol. The highest BCUT2D eigenvalue weighted by Gasteiger charge is 2.17. The van der Waals surface area contributed by atoms with Crippen LogP contribution in [-0.4, -0.2) is 27.8 Å². The monoisotopic (exact) mass is 416 g/mol. The summed E-state index contributed by atoms with van der Waals surface area (Å²) in [6.45, 7) is 9.01. The predicted molar refractivity (Wildman–Crippen MR) is 113 cm³/mol. The summed E-state index contributed by atoms with van der Waals surface area (Å²) in [6, 6.07) is 4.66. The molecule has 3 aromatic rings. The molecule has 8 heteroatoms. The molecule has 0 spiro atoms. The zero-order valence-corrected chi connectivity index (χ0v) is 18.1. The Balaban J connectivity index is 1.70. The second-order valence-corrected chi connectivity index (χ2v) is 8.20. The zero-order valence-electron chi connectivity index (χ0n) is 17.2. The van der Waals surface area contributed by atoms with Gasteiger partial charge in [-0.2, -0.15) is 5.10 Å². The van der Waals surface area contributed by atoms with Crippen LogP contribution in [0.2, 0.25) is 0 Å². The smallest absolute Gasteiger partial charge is 0.230 e. The molecule has 1 N–H and O–H groups in total. The van der Waals surface area contributed by atoms with Crippen LogP contribution in [-0.2, 0) is 17.8 Å². The summed E-state index contributed by atoms with van der Waals surface area (Å²) >= 11 is 1.30. The maximum Gasteiger partial charge on any atom is 0.230 e. The van der Waals surface area contributed by atoms with Gasteiger partial charge in [-0.25, -0.2) is 9.37 Å². The van der Waals surface area contributed by atoms with E-state index in [4.69, 9.17) is 4.74 Å². The van der Waals surface area contributed by atoms with Crippen LogP contribution in [0.15, 0.2) is 23.6 Å². The van der Waals surface area contributed by atoms with Crippen molar-refractivity contribution >= 4 is 22.4 Å². The maximum atomic E-state index is 13.9. The Labute approximate surface area is 173 Å². The minimum atomic E-state index is -0.451. The molecule has 0 radical (unpaired) electrons. The molecule has 0 fully saturated rings. The molecule has 1 amide bonds. The first-order valence-corrected chi connectivity index (χ1v) is 10.3. The number of halogens is 1. The Morgan fingerprint density at radius 1 is 1.34 bits per heavy atom. The Kier molecular flexibility index (Phi) is 6.32. The fourth-order valence-corrected chi connectivity index (χ4v) is 3.86. The molecule has 154 valence electrons. The molecule has 6 nitrogen and oxygen atoms in total. The predicted octanol–water partition coefficient (Wildman–Crippen LogP) is 4.61. The van der Waals surface area contributed by atoms with Gasteiger partial charge in [0.2, 0.25) is 5.91 Å². The van der Waals surface area contributed by atoms with E-state index in [9.17, 15) is 9.18 Å². The van der Waals surface area contributed by atoms with Crippen molar-refractivity contribution in [1.29, 1.82) is 0 Å². The molecule has 0 atom stereocenters. The van der Waals surface area contributed by atoms with Crippen molar-refractivity contribution in [3.8, 4) is 17.0 Å². The van der Waals surface area contributed by atoms with E-state index in [1.807, 2.05) is 18.5 Å². The molecular formula is C21H25FN4O2S. The first kappa shape index (κ1) is 21.0. The number of benzene rings is 1. The van der Waals surface area contributed by atoms with Crippen molar-refractivity contribution in [3.05, 3.63) is 46.3 Å². The summed E-state index contributed by atoms with van der Waals surface area (Å²) in [5.41, 5.74) is 4.05. The lowest BCUT2D eigenvalue weighted by Gasteiger charge is -2.08. The number of amides is 1. The third-order valence-corrected chi connectivity index (χ3v) is 5.36. The van der Waals surface area contributed by atoms with Gasteiger partial charge in [0.25, 0.3) is 0 Å². The van der Waals surface area contributed by atoms with E-state index >= 15 is 0 Å². The van der Waals surface area contributed by atoms with Gasteiger partial charge in [-0.3, -0.25) is 9.48 Å². The fourth-order valence-electron chi connectivity index (χ4n) is 3.13. The number of carbonyl (C=O) groups is 1. The number of methoxy groups -OCH3 is 1. The van der Waals surface area contributed by atoms with E-state index in [2.05, 4.69) is 29.2 Å². The third-order valence-electron chi connectivity index (χ3n) is 4.60. The van der Waals surface area contributed by atoms with Gasteiger partial charge in [0.15, 0.2) is 16.7 Å². The minimum Gasteiger partial charge on any atom is -0.494 e. The Morgan fingerprint density at radius 3 is 2.76 bits per heavy atom. The third kappa shape index (κ3) is 4.82. The first-order valence-electron chi connectivity index (χ1n) is 9.40. The molecule has 0 aliphatic rings. The minimum absolute atomic E-state index is 0.151. The summed E-state index contributed by atoms with van der Waals surface area (Å²) < 4.78 is 20.8. The van der Waals surface area contributed by atoms with Gasteiger partial charge in [0, 0.05) is 28.7 Å². The normalized spacial score (nSPS) is 11.1. The molecule has 0 unspecified atom stereocenters. The number of aryl methyl sites for hydroxylation is 1. The van der Waals surface area contributed by atoms with Crippen LogP contribution in [0.3, 0.4) is 0 Å². The quantitative estimate of drug-likeness (QED) is 0.611. The highest BCUT2D eigenvalue weighted by atomic mass is 32.1. The number of thiazole rings is 1. The number of nitrogens with zero attached hydrogens (tertiary/aromatic N) is 3. The van der Waals surface area contributed by atoms with E-state index in [-0.39, 0.29) is 18.1 Å². The first-order chi connectivity index (χ1) is 13.8. The largest absolute Gasteiger partial charge is 0.494 e. The molecule has 0 aliphatic carbocycles. The Bertz CT molecular complexity index is 1030. The Hall–Kier alpha value is -2.74. The van der Waals surface area contributed by atoms with Crippen LogP contribution in [0.5, 0.6) is 5.75 Å². The van der Waals surface area contributed by atoms with Crippen molar-refractivity contribution in [2.75, 3.05) is 12.4 Å². The van der Waals surface area contributed by atoms with Gasteiger partial charge >= 0.3 is 0 Å². The van der Waals surface area contributed by atoms with Crippen molar-refractivity contribution in [3.63, 3.8) is 0 Å². The molecule has 29 heavy (non-hydrogen) atoms. The summed E-state index contributed by atoms with van der Waals surface area (Å²) in [6.07, 6.45) is 0.238. The van der Waals surface area contributed by atoms with Gasteiger partial charge in [-0.1, -0.05) is 13.8 Å². The van der Waals surface area contributed by atoms with Crippen LogP contribution < -0.4 is 10.1 Å². The number of aromatic nitrogens is 3. The molecular weight excluding hydrogens is 391 g/mol. The van der Waals surface area contributed by atoms with Crippen LogP contribution in [0.25, 0.3) is 11.3 Å². The van der Waals surface area contributed by atoms with E-state index in [0.717, 1.165) is 23.5 Å². The number of carbonyl (C=O) groups excluding carboxylic acids is 1. The van der Waals surface area contributed by atoms with Gasteiger partial charge in [-0.15, -0.1) is 11.3 Å². The summed E-state index contributed by atoms with van der Waals surface area (Å²) in [7, 11) is 1.42. The van der Waals surface area contributed by atoms with Gasteiger partial charge in [-0.05, 0) is 38.0 Å². The lowest BCUT2D eigenvalue weighted by atomic mass is 10.1. The van der Waals surface area contributed by atoms with E-state index in [1.54, 1.807) is 17.5 Å². The van der Waals surface area contributed by atoms with Crippen LogP contribution in [0.4, 0.5) is 9.52 Å². The van der Waals surface area contributed by atoms with E-state index in [0.29, 0.717) is 22.3 Å². The van der Waals surface area contributed by atoms with Gasteiger partial charge in [0.1, 0.15) is 0 Å². The molecule has 0 saturated carbocycles. The number of nitrogens with one attached hydrogen (secondary N) is 1. The molecule has 0 saturated heterocycles. The van der Waals surface area contributed by atoms with Crippen molar-refractivity contribution in [1.82, 2.24) is 14.8 Å². The molecule has 0 bridgehead atoms. The SMILES string of the molecule is COc1ccc(-c2csc(NC(=O)Cc3c(C)nn(CC(C)C)c3C)n2)cc1F. The molecule has 2 aromatic heterocycles. The topological polar surface area (TPSA) is 69.0 Å². The highest BCUT2D eigenvalue weighted by Crippen LogP contribution is 2.28. The number of hydrogen-bond donors (Lipinski definition) is 1. The van der Waals surface area contributed by atoms with E-state index in [1.165, 1.54) is 24.5 Å². The van der Waals surface area contributed by atoms with Crippen molar-refractivity contribution < 1.29 is 13.9 Å². The fraction of sp³-hybridized carbons (Fsp3) is 0.381. The zero-order chi connectivity index (χ0) is 21.1. The summed E-state index contributed by atoms with van der Waals surface area (Å²) in [5, 5.41) is 9.65. The number of anilines is 1. The Morgan fingerprint density at radius 2 is 2.10 bits per heavy atom. The van der Waals surface area contributed by atoms with Crippen molar-refractivity contribution in [2.45, 2.75) is 40.7 Å². The lowest BCUT2D eigenvalue weighted by Crippen LogP contribution is -2.15. The average Bonchev–Trinajstić information content (AvgIpc) is 3.21. The second kappa shape index (κ2) is 8.73.